The van der Waals surface area contributed by atoms with Crippen molar-refractivity contribution in [1.29, 1.82) is 0 Å². The molecule has 0 atom stereocenters. The van der Waals surface area contributed by atoms with E-state index in [1.165, 1.54) is 0 Å². The molecule has 13 heavy (non-hydrogen) atoms. The topological polar surface area (TPSA) is 25.8 Å². The maximum atomic E-state index is 12.0. The van der Waals surface area contributed by atoms with Crippen molar-refractivity contribution >= 4 is 0 Å². The smallest absolute Gasteiger partial charge is 0.229 e. The van der Waals surface area contributed by atoms with E-state index in [0.29, 0.717) is 12.4 Å². The number of rotatable bonds is 0. The highest BCUT2D eigenvalue weighted by molar-refractivity contribution is 5.21. The molecule has 0 N–H and O–H groups in total. The van der Waals surface area contributed by atoms with Gasteiger partial charge in [0.1, 0.15) is 0 Å². The second-order valence-electron chi connectivity index (χ2n) is 2.17. The second-order valence-corrected chi connectivity index (χ2v) is 2.17. The lowest BCUT2D eigenvalue weighted by molar-refractivity contribution is -0.138. The fourth-order valence-corrected chi connectivity index (χ4v) is 0.651. The van der Waals surface area contributed by atoms with Gasteiger partial charge < -0.3 is 0 Å². The maximum Gasteiger partial charge on any atom is 0.419 e. The molecule has 0 bridgehead atoms. The third kappa shape index (κ3) is 2.44. The van der Waals surface area contributed by atoms with Crippen molar-refractivity contribution in [2.24, 2.45) is 0 Å². The van der Waals surface area contributed by atoms with Gasteiger partial charge in [-0.2, -0.15) is 13.2 Å². The SMILES string of the molecule is CC#Cc1ncc(C(F)(F)F)cn1. The highest BCUT2D eigenvalue weighted by Gasteiger charge is 2.31. The standard InChI is InChI=1S/C8H5F3N2/c1-2-3-7-12-4-6(5-13-7)8(9,10)11/h4-5H,1H3. The highest BCUT2D eigenvalue weighted by atomic mass is 19.4. The minimum Gasteiger partial charge on any atom is -0.229 e. The van der Waals surface area contributed by atoms with Crippen molar-refractivity contribution in [1.82, 2.24) is 9.97 Å². The van der Waals surface area contributed by atoms with Crippen molar-refractivity contribution in [3.8, 4) is 11.8 Å². The lowest BCUT2D eigenvalue weighted by Crippen LogP contribution is -2.06. The van der Waals surface area contributed by atoms with Crippen LogP contribution in [0.25, 0.3) is 0 Å². The molecule has 1 rings (SSSR count). The third-order valence-corrected chi connectivity index (χ3v) is 1.22. The van der Waals surface area contributed by atoms with Crippen molar-refractivity contribution in [3.05, 3.63) is 23.8 Å². The van der Waals surface area contributed by atoms with Gasteiger partial charge in [0, 0.05) is 12.4 Å². The van der Waals surface area contributed by atoms with E-state index in [0.717, 1.165) is 0 Å². The largest absolute Gasteiger partial charge is 0.419 e. The van der Waals surface area contributed by atoms with Gasteiger partial charge in [-0.05, 0) is 12.8 Å². The van der Waals surface area contributed by atoms with Crippen LogP contribution in [0, 0.1) is 11.8 Å². The van der Waals surface area contributed by atoms with Crippen LogP contribution in [0.3, 0.4) is 0 Å². The molecule has 0 spiro atoms. The van der Waals surface area contributed by atoms with Gasteiger partial charge in [0.2, 0.25) is 5.82 Å². The Bertz CT molecular complexity index is 342. The lowest BCUT2D eigenvalue weighted by Gasteiger charge is -2.03. The van der Waals surface area contributed by atoms with Crippen LogP contribution >= 0.6 is 0 Å². The van der Waals surface area contributed by atoms with E-state index in [2.05, 4.69) is 21.8 Å². The van der Waals surface area contributed by atoms with Crippen LogP contribution in [0.4, 0.5) is 13.2 Å². The average molecular weight is 186 g/mol. The molecule has 1 aromatic heterocycles. The van der Waals surface area contributed by atoms with Gasteiger partial charge in [0.05, 0.1) is 5.56 Å². The van der Waals surface area contributed by atoms with Crippen molar-refractivity contribution in [2.75, 3.05) is 0 Å². The molecule has 5 heteroatoms. The Kier molecular flexibility index (Phi) is 2.52. The maximum absolute atomic E-state index is 12.0. The second kappa shape index (κ2) is 3.44. The first-order valence-electron chi connectivity index (χ1n) is 3.36. The van der Waals surface area contributed by atoms with E-state index >= 15 is 0 Å². The van der Waals surface area contributed by atoms with Gasteiger partial charge in [-0.15, -0.1) is 0 Å². The molecule has 68 valence electrons. The number of nitrogens with zero attached hydrogens (tertiary/aromatic N) is 2. The van der Waals surface area contributed by atoms with Crippen LogP contribution in [0.2, 0.25) is 0 Å². The molecule has 0 amide bonds. The van der Waals surface area contributed by atoms with Crippen LogP contribution in [0.15, 0.2) is 12.4 Å². The minimum atomic E-state index is -4.39. The van der Waals surface area contributed by atoms with E-state index in [1.807, 2.05) is 0 Å². The van der Waals surface area contributed by atoms with Gasteiger partial charge in [0.15, 0.2) is 0 Å². The first-order chi connectivity index (χ1) is 6.04. The Morgan fingerprint density at radius 1 is 1.23 bits per heavy atom. The number of hydrogen-bond donors (Lipinski definition) is 0. The molecule has 0 unspecified atom stereocenters. The molecule has 0 saturated carbocycles. The zero-order valence-electron chi connectivity index (χ0n) is 6.68. The molecule has 0 fully saturated rings. The van der Waals surface area contributed by atoms with Gasteiger partial charge >= 0.3 is 6.18 Å². The molecule has 0 aliphatic heterocycles. The molecular weight excluding hydrogens is 181 g/mol. The molecule has 0 aliphatic rings. The number of aromatic nitrogens is 2. The Balaban J connectivity index is 2.98. The van der Waals surface area contributed by atoms with Crippen LogP contribution in [0.1, 0.15) is 18.3 Å². The van der Waals surface area contributed by atoms with Crippen LogP contribution in [0.5, 0.6) is 0 Å². The first kappa shape index (κ1) is 9.52. The molecule has 2 nitrogen and oxygen atoms in total. The number of halogens is 3. The third-order valence-electron chi connectivity index (χ3n) is 1.22. The van der Waals surface area contributed by atoms with Crippen LogP contribution < -0.4 is 0 Å². The molecule has 0 aromatic carbocycles. The van der Waals surface area contributed by atoms with Gasteiger partial charge in [-0.25, -0.2) is 9.97 Å². The predicted molar refractivity (Wildman–Crippen MR) is 39.6 cm³/mol. The summed E-state index contributed by atoms with van der Waals surface area (Å²) >= 11 is 0. The van der Waals surface area contributed by atoms with Gasteiger partial charge in [0.25, 0.3) is 0 Å². The van der Waals surface area contributed by atoms with Crippen molar-refractivity contribution in [2.45, 2.75) is 13.1 Å². The molecule has 0 aliphatic carbocycles. The lowest BCUT2D eigenvalue weighted by atomic mass is 10.3. The summed E-state index contributed by atoms with van der Waals surface area (Å²) in [4.78, 5) is 6.86. The Morgan fingerprint density at radius 3 is 2.15 bits per heavy atom. The Morgan fingerprint density at radius 2 is 1.77 bits per heavy atom. The summed E-state index contributed by atoms with van der Waals surface area (Å²) in [5.74, 6) is 5.03. The molecule has 0 saturated heterocycles. The van der Waals surface area contributed by atoms with E-state index in [-0.39, 0.29) is 5.82 Å². The number of alkyl halides is 3. The minimum absolute atomic E-state index is 0.0931. The number of hydrogen-bond acceptors (Lipinski definition) is 2. The fraction of sp³-hybridized carbons (Fsp3) is 0.250. The fourth-order valence-electron chi connectivity index (χ4n) is 0.651. The van der Waals surface area contributed by atoms with Crippen molar-refractivity contribution in [3.63, 3.8) is 0 Å². The summed E-state index contributed by atoms with van der Waals surface area (Å²) in [5, 5.41) is 0. The monoisotopic (exact) mass is 186 g/mol. The van der Waals surface area contributed by atoms with Crippen LogP contribution in [-0.2, 0) is 6.18 Å². The summed E-state index contributed by atoms with van der Waals surface area (Å²) in [6.07, 6.45) is -2.96. The summed E-state index contributed by atoms with van der Waals surface area (Å²) in [5.41, 5.74) is -0.867. The summed E-state index contributed by atoms with van der Waals surface area (Å²) in [7, 11) is 0. The summed E-state index contributed by atoms with van der Waals surface area (Å²) < 4.78 is 36.0. The predicted octanol–water partition coefficient (Wildman–Crippen LogP) is 1.87. The van der Waals surface area contributed by atoms with E-state index in [9.17, 15) is 13.2 Å². The molecular formula is C8H5F3N2. The Labute approximate surface area is 72.8 Å². The summed E-state index contributed by atoms with van der Waals surface area (Å²) in [6.45, 7) is 1.56. The molecule has 1 aromatic rings. The molecule has 0 radical (unpaired) electrons. The van der Waals surface area contributed by atoms with E-state index in [1.54, 1.807) is 6.92 Å². The normalized spacial score (nSPS) is 10.5. The first-order valence-corrected chi connectivity index (χ1v) is 3.36. The summed E-state index contributed by atoms with van der Waals surface area (Å²) in [6, 6.07) is 0. The highest BCUT2D eigenvalue weighted by Crippen LogP contribution is 2.27. The average Bonchev–Trinajstić information content (AvgIpc) is 2.04. The zero-order valence-corrected chi connectivity index (χ0v) is 6.68. The quantitative estimate of drug-likeness (QED) is 0.578. The molecule has 1 heterocycles. The van der Waals surface area contributed by atoms with Crippen LogP contribution in [-0.4, -0.2) is 9.97 Å². The van der Waals surface area contributed by atoms with Crippen molar-refractivity contribution < 1.29 is 13.2 Å². The zero-order chi connectivity index (χ0) is 9.90. The van der Waals surface area contributed by atoms with Gasteiger partial charge in [-0.3, -0.25) is 0 Å². The Hall–Kier alpha value is -1.57. The van der Waals surface area contributed by atoms with Gasteiger partial charge in [-0.1, -0.05) is 5.92 Å². The van der Waals surface area contributed by atoms with E-state index < -0.39 is 11.7 Å². The van der Waals surface area contributed by atoms with E-state index in [4.69, 9.17) is 0 Å².